The summed E-state index contributed by atoms with van der Waals surface area (Å²) in [5.41, 5.74) is 0.272. The summed E-state index contributed by atoms with van der Waals surface area (Å²) in [7, 11) is -2.50. The van der Waals surface area contributed by atoms with E-state index in [1.165, 1.54) is 0 Å². The monoisotopic (exact) mass is 280 g/mol. The van der Waals surface area contributed by atoms with E-state index in [2.05, 4.69) is 27.7 Å². The molecule has 1 aromatic carbocycles. The molecule has 0 aliphatic carbocycles. The highest BCUT2D eigenvalue weighted by atomic mass is 28.4. The van der Waals surface area contributed by atoms with Crippen molar-refractivity contribution >= 4 is 19.5 Å². The van der Waals surface area contributed by atoms with Gasteiger partial charge in [-0.25, -0.2) is 4.79 Å². The van der Waals surface area contributed by atoms with Gasteiger partial charge in [0.1, 0.15) is 0 Å². The van der Waals surface area contributed by atoms with Gasteiger partial charge in [0.15, 0.2) is 0 Å². The Hall–Kier alpha value is -1.13. The lowest BCUT2D eigenvalue weighted by Crippen LogP contribution is -2.49. The fourth-order valence-electron chi connectivity index (χ4n) is 2.59. The van der Waals surface area contributed by atoms with Crippen LogP contribution < -0.4 is 5.19 Å². The van der Waals surface area contributed by atoms with Crippen molar-refractivity contribution in [3.63, 3.8) is 0 Å². The second kappa shape index (κ2) is 6.35. The van der Waals surface area contributed by atoms with E-state index in [-0.39, 0.29) is 5.56 Å². The number of benzene rings is 1. The Kier molecular flexibility index (Phi) is 5.32. The van der Waals surface area contributed by atoms with Crippen molar-refractivity contribution in [2.24, 2.45) is 11.8 Å². The van der Waals surface area contributed by atoms with E-state index in [9.17, 15) is 9.59 Å². The SMILES string of the molecule is CC(C)C[Si](O)(CC(C)C)c1ccc(C(=O)O)cc1. The van der Waals surface area contributed by atoms with Gasteiger partial charge in [0.25, 0.3) is 0 Å². The first-order valence-corrected chi connectivity index (χ1v) is 9.17. The van der Waals surface area contributed by atoms with Gasteiger partial charge >= 0.3 is 5.97 Å². The zero-order chi connectivity index (χ0) is 14.6. The Morgan fingerprint density at radius 3 is 1.79 bits per heavy atom. The topological polar surface area (TPSA) is 57.5 Å². The van der Waals surface area contributed by atoms with Crippen LogP contribution in [0, 0.1) is 11.8 Å². The van der Waals surface area contributed by atoms with Gasteiger partial charge in [-0.3, -0.25) is 0 Å². The van der Waals surface area contributed by atoms with Crippen molar-refractivity contribution < 1.29 is 14.7 Å². The Balaban J connectivity index is 3.06. The maximum Gasteiger partial charge on any atom is 0.335 e. The molecule has 2 N–H and O–H groups in total. The molecular formula is C15H24O3Si. The van der Waals surface area contributed by atoms with Crippen LogP contribution in [-0.2, 0) is 0 Å². The van der Waals surface area contributed by atoms with Crippen LogP contribution in [0.5, 0.6) is 0 Å². The zero-order valence-corrected chi connectivity index (χ0v) is 13.2. The van der Waals surface area contributed by atoms with Crippen LogP contribution in [0.1, 0.15) is 38.1 Å². The number of rotatable bonds is 6. The fourth-order valence-corrected chi connectivity index (χ4v) is 6.72. The van der Waals surface area contributed by atoms with Gasteiger partial charge in [-0.2, -0.15) is 0 Å². The predicted octanol–water partition coefficient (Wildman–Crippen LogP) is 2.84. The first-order valence-electron chi connectivity index (χ1n) is 6.81. The van der Waals surface area contributed by atoms with E-state index in [4.69, 9.17) is 5.11 Å². The van der Waals surface area contributed by atoms with Crippen LogP contribution in [0.3, 0.4) is 0 Å². The van der Waals surface area contributed by atoms with Crippen molar-refractivity contribution in [1.82, 2.24) is 0 Å². The van der Waals surface area contributed by atoms with E-state index < -0.39 is 14.3 Å². The van der Waals surface area contributed by atoms with Crippen molar-refractivity contribution in [1.29, 1.82) is 0 Å². The van der Waals surface area contributed by atoms with Gasteiger partial charge < -0.3 is 9.90 Å². The lowest BCUT2D eigenvalue weighted by Gasteiger charge is -2.29. The van der Waals surface area contributed by atoms with Crippen LogP contribution in [0.15, 0.2) is 24.3 Å². The third-order valence-corrected chi connectivity index (χ3v) is 7.55. The molecule has 1 rings (SSSR count). The quantitative estimate of drug-likeness (QED) is 0.788. The van der Waals surface area contributed by atoms with Crippen LogP contribution in [0.4, 0.5) is 0 Å². The van der Waals surface area contributed by atoms with Crippen LogP contribution >= 0.6 is 0 Å². The number of hydrogen-bond donors (Lipinski definition) is 2. The van der Waals surface area contributed by atoms with Crippen molar-refractivity contribution in [2.45, 2.75) is 39.8 Å². The molecule has 0 atom stereocenters. The first kappa shape index (κ1) is 15.9. The lowest BCUT2D eigenvalue weighted by atomic mass is 10.2. The summed E-state index contributed by atoms with van der Waals surface area (Å²) in [5.74, 6) is -0.0476. The third-order valence-electron chi connectivity index (χ3n) is 3.16. The van der Waals surface area contributed by atoms with Crippen molar-refractivity contribution in [3.8, 4) is 0 Å². The number of carbonyl (C=O) groups is 1. The number of hydrogen-bond acceptors (Lipinski definition) is 2. The standard InChI is InChI=1S/C15H24O3Si/c1-11(2)9-19(18,10-12(3)4)14-7-5-13(6-8-14)15(16)17/h5-8,11-12,18H,9-10H2,1-4H3,(H,16,17). The second-order valence-electron chi connectivity index (χ2n) is 6.11. The van der Waals surface area contributed by atoms with Crippen molar-refractivity contribution in [3.05, 3.63) is 29.8 Å². The Morgan fingerprint density at radius 1 is 1.05 bits per heavy atom. The summed E-state index contributed by atoms with van der Waals surface area (Å²) in [6.45, 7) is 8.46. The molecule has 0 saturated carbocycles. The highest BCUT2D eigenvalue weighted by Gasteiger charge is 2.34. The highest BCUT2D eigenvalue weighted by Crippen LogP contribution is 2.23. The Labute approximate surface area is 116 Å². The maximum absolute atomic E-state index is 11.0. The van der Waals surface area contributed by atoms with Crippen LogP contribution in [0.25, 0.3) is 0 Å². The van der Waals surface area contributed by atoms with E-state index in [0.717, 1.165) is 17.3 Å². The molecule has 3 nitrogen and oxygen atoms in total. The zero-order valence-electron chi connectivity index (χ0n) is 12.2. The molecule has 0 aliphatic rings. The second-order valence-corrected chi connectivity index (χ2v) is 9.57. The van der Waals surface area contributed by atoms with Crippen molar-refractivity contribution in [2.75, 3.05) is 0 Å². The summed E-state index contributed by atoms with van der Waals surface area (Å²) in [5, 5.41) is 9.86. The normalized spacial score (nSPS) is 12.2. The van der Waals surface area contributed by atoms with Gasteiger partial charge in [0.05, 0.1) is 5.56 Å². The number of carboxylic acids is 1. The summed E-state index contributed by atoms with van der Waals surface area (Å²) in [6.07, 6.45) is 0. The molecule has 0 spiro atoms. The maximum atomic E-state index is 11.0. The number of aromatic carboxylic acids is 1. The average Bonchev–Trinajstić information content (AvgIpc) is 2.26. The molecule has 19 heavy (non-hydrogen) atoms. The highest BCUT2D eigenvalue weighted by molar-refractivity contribution is 6.85. The Morgan fingerprint density at radius 2 is 1.47 bits per heavy atom. The molecule has 0 aromatic heterocycles. The van der Waals surface area contributed by atoms with E-state index >= 15 is 0 Å². The van der Waals surface area contributed by atoms with Gasteiger partial charge in [-0.15, -0.1) is 0 Å². The molecule has 0 amide bonds. The van der Waals surface area contributed by atoms with E-state index in [0.29, 0.717) is 11.8 Å². The minimum Gasteiger partial charge on any atom is -0.478 e. The molecule has 4 heteroatoms. The first-order chi connectivity index (χ1) is 8.74. The van der Waals surface area contributed by atoms with Gasteiger partial charge in [0.2, 0.25) is 8.32 Å². The Bertz CT molecular complexity index is 414. The molecule has 1 aromatic rings. The smallest absolute Gasteiger partial charge is 0.335 e. The summed E-state index contributed by atoms with van der Waals surface area (Å²) < 4.78 is 0. The third kappa shape index (κ3) is 4.47. The molecule has 0 bridgehead atoms. The summed E-state index contributed by atoms with van der Waals surface area (Å²) in [6, 6.07) is 8.41. The molecule has 0 saturated heterocycles. The minimum absolute atomic E-state index is 0.272. The lowest BCUT2D eigenvalue weighted by molar-refractivity contribution is 0.0697. The van der Waals surface area contributed by atoms with E-state index in [1.54, 1.807) is 24.3 Å². The summed E-state index contributed by atoms with van der Waals surface area (Å²) in [4.78, 5) is 21.9. The largest absolute Gasteiger partial charge is 0.478 e. The van der Waals surface area contributed by atoms with Gasteiger partial charge in [0, 0.05) is 0 Å². The predicted molar refractivity (Wildman–Crippen MR) is 80.3 cm³/mol. The van der Waals surface area contributed by atoms with E-state index in [1.807, 2.05) is 0 Å². The molecule has 0 radical (unpaired) electrons. The number of carboxylic acid groups (broad SMARTS) is 1. The molecule has 0 aliphatic heterocycles. The average molecular weight is 280 g/mol. The minimum atomic E-state index is -2.50. The molecule has 0 heterocycles. The molecular weight excluding hydrogens is 256 g/mol. The van der Waals surface area contributed by atoms with Crippen LogP contribution in [0.2, 0.25) is 12.1 Å². The van der Waals surface area contributed by atoms with Gasteiger partial charge in [-0.05, 0) is 41.2 Å². The molecule has 0 fully saturated rings. The van der Waals surface area contributed by atoms with Crippen LogP contribution in [-0.4, -0.2) is 24.2 Å². The fraction of sp³-hybridized carbons (Fsp3) is 0.533. The molecule has 106 valence electrons. The summed E-state index contributed by atoms with van der Waals surface area (Å²) >= 11 is 0. The molecule has 0 unspecified atom stereocenters. The van der Waals surface area contributed by atoms with Gasteiger partial charge in [-0.1, -0.05) is 39.8 Å².